The summed E-state index contributed by atoms with van der Waals surface area (Å²) in [6, 6.07) is 9.38. The van der Waals surface area contributed by atoms with E-state index in [-0.39, 0.29) is 23.3 Å². The van der Waals surface area contributed by atoms with Crippen molar-refractivity contribution in [1.82, 2.24) is 10.1 Å². The second-order valence-electron chi connectivity index (χ2n) is 6.21. The number of aromatic nitrogens is 1. The molecule has 0 unspecified atom stereocenters. The van der Waals surface area contributed by atoms with Crippen molar-refractivity contribution in [3.8, 4) is 0 Å². The highest BCUT2D eigenvalue weighted by molar-refractivity contribution is 8.00. The lowest BCUT2D eigenvalue weighted by molar-refractivity contribution is -0.128. The van der Waals surface area contributed by atoms with Crippen LogP contribution in [0.5, 0.6) is 0 Å². The first-order valence-electron chi connectivity index (χ1n) is 8.60. The molecule has 1 aromatic heterocycles. The van der Waals surface area contributed by atoms with Crippen LogP contribution in [0.4, 0.5) is 11.5 Å². The summed E-state index contributed by atoms with van der Waals surface area (Å²) in [5.41, 5.74) is 1.07. The van der Waals surface area contributed by atoms with Crippen LogP contribution in [0.15, 0.2) is 34.9 Å². The molecule has 3 rings (SSSR count). The van der Waals surface area contributed by atoms with Crippen LogP contribution >= 0.6 is 23.4 Å². The van der Waals surface area contributed by atoms with E-state index in [1.165, 1.54) is 11.8 Å². The first-order chi connectivity index (χ1) is 13.0. The maximum absolute atomic E-state index is 12.3. The molecular formula is C18H21ClN4O3S. The number of hydrogen-bond donors (Lipinski definition) is 1. The fourth-order valence-corrected chi connectivity index (χ4v) is 3.71. The highest BCUT2D eigenvalue weighted by atomic mass is 35.5. The van der Waals surface area contributed by atoms with Crippen molar-refractivity contribution < 1.29 is 14.1 Å². The molecule has 1 saturated heterocycles. The number of hydrogen-bond acceptors (Lipinski definition) is 6. The topological polar surface area (TPSA) is 78.7 Å². The van der Waals surface area contributed by atoms with E-state index in [4.69, 9.17) is 16.1 Å². The Hall–Kier alpha value is -2.19. The standard InChI is InChI=1S/C18H21ClN4O3S/c1-13-9-16(21-26-13)20-17(24)11-27-12-18(25)23-7-5-22(6-8-23)15-4-2-3-14(19)10-15/h2-4,9-10H,5-8,11-12H2,1H3,(H,20,21,24). The molecule has 2 heterocycles. The third kappa shape index (κ3) is 5.64. The van der Waals surface area contributed by atoms with Crippen LogP contribution in [-0.2, 0) is 9.59 Å². The molecule has 0 spiro atoms. The van der Waals surface area contributed by atoms with Crippen molar-refractivity contribution in [2.75, 3.05) is 47.9 Å². The van der Waals surface area contributed by atoms with Gasteiger partial charge in [0.05, 0.1) is 11.5 Å². The first kappa shape index (κ1) is 19.6. The van der Waals surface area contributed by atoms with E-state index >= 15 is 0 Å². The van der Waals surface area contributed by atoms with E-state index in [0.29, 0.717) is 29.7 Å². The summed E-state index contributed by atoms with van der Waals surface area (Å²) < 4.78 is 4.89. The summed E-state index contributed by atoms with van der Waals surface area (Å²) >= 11 is 7.34. The number of amides is 2. The molecule has 1 N–H and O–H groups in total. The van der Waals surface area contributed by atoms with Gasteiger partial charge in [0.15, 0.2) is 5.82 Å². The average Bonchev–Trinajstić information content (AvgIpc) is 3.06. The minimum Gasteiger partial charge on any atom is -0.368 e. The minimum atomic E-state index is -0.202. The van der Waals surface area contributed by atoms with Gasteiger partial charge in [-0.3, -0.25) is 9.59 Å². The monoisotopic (exact) mass is 408 g/mol. The summed E-state index contributed by atoms with van der Waals surface area (Å²) in [6.45, 7) is 4.61. The molecule has 1 aromatic carbocycles. The number of benzene rings is 1. The molecule has 0 aliphatic carbocycles. The maximum Gasteiger partial charge on any atom is 0.235 e. The number of nitrogens with zero attached hydrogens (tertiary/aromatic N) is 3. The molecule has 1 aliphatic rings. The Labute approximate surface area is 167 Å². The normalized spacial score (nSPS) is 14.3. The van der Waals surface area contributed by atoms with Crippen LogP contribution in [0.3, 0.4) is 0 Å². The largest absolute Gasteiger partial charge is 0.368 e. The van der Waals surface area contributed by atoms with Gasteiger partial charge in [-0.15, -0.1) is 11.8 Å². The van der Waals surface area contributed by atoms with Gasteiger partial charge in [-0.05, 0) is 25.1 Å². The quantitative estimate of drug-likeness (QED) is 0.791. The van der Waals surface area contributed by atoms with Crippen molar-refractivity contribution in [2.45, 2.75) is 6.92 Å². The molecule has 9 heteroatoms. The van der Waals surface area contributed by atoms with Crippen LogP contribution < -0.4 is 10.2 Å². The van der Waals surface area contributed by atoms with Crippen molar-refractivity contribution in [3.05, 3.63) is 41.1 Å². The molecule has 1 aliphatic heterocycles. The third-order valence-corrected chi connectivity index (χ3v) is 5.31. The van der Waals surface area contributed by atoms with Crippen molar-refractivity contribution >= 4 is 46.7 Å². The van der Waals surface area contributed by atoms with Gasteiger partial charge in [0.1, 0.15) is 5.76 Å². The van der Waals surface area contributed by atoms with Crippen molar-refractivity contribution in [3.63, 3.8) is 0 Å². The van der Waals surface area contributed by atoms with E-state index in [9.17, 15) is 9.59 Å². The highest BCUT2D eigenvalue weighted by Crippen LogP contribution is 2.21. The molecule has 1 fully saturated rings. The molecule has 7 nitrogen and oxygen atoms in total. The molecule has 27 heavy (non-hydrogen) atoms. The molecule has 0 bridgehead atoms. The van der Waals surface area contributed by atoms with Gasteiger partial charge in [0.2, 0.25) is 11.8 Å². The Morgan fingerprint density at radius 2 is 2.00 bits per heavy atom. The minimum absolute atomic E-state index is 0.0517. The lowest BCUT2D eigenvalue weighted by Gasteiger charge is -2.36. The zero-order chi connectivity index (χ0) is 19.2. The lowest BCUT2D eigenvalue weighted by atomic mass is 10.2. The summed E-state index contributed by atoms with van der Waals surface area (Å²) in [6.07, 6.45) is 0. The molecule has 144 valence electrons. The van der Waals surface area contributed by atoms with Gasteiger partial charge in [0, 0.05) is 43.0 Å². The average molecular weight is 409 g/mol. The number of carbonyl (C=O) groups is 2. The van der Waals surface area contributed by atoms with Crippen molar-refractivity contribution in [2.24, 2.45) is 0 Å². The SMILES string of the molecule is Cc1cc(NC(=O)CSCC(=O)N2CCN(c3cccc(Cl)c3)CC2)no1. The van der Waals surface area contributed by atoms with E-state index in [1.807, 2.05) is 29.2 Å². The smallest absolute Gasteiger partial charge is 0.235 e. The van der Waals surface area contributed by atoms with Gasteiger partial charge in [-0.1, -0.05) is 22.8 Å². The van der Waals surface area contributed by atoms with Gasteiger partial charge < -0.3 is 19.6 Å². The zero-order valence-corrected chi connectivity index (χ0v) is 16.6. The molecule has 2 aromatic rings. The first-order valence-corrected chi connectivity index (χ1v) is 10.1. The predicted molar refractivity (Wildman–Crippen MR) is 107 cm³/mol. The number of rotatable bonds is 6. The van der Waals surface area contributed by atoms with Gasteiger partial charge in [0.25, 0.3) is 0 Å². The number of anilines is 2. The summed E-state index contributed by atoms with van der Waals surface area (Å²) in [4.78, 5) is 28.3. The summed E-state index contributed by atoms with van der Waals surface area (Å²) in [5.74, 6) is 1.34. The number of halogens is 1. The number of carbonyl (C=O) groups excluding carboxylic acids is 2. The molecule has 2 amide bonds. The fraction of sp³-hybridized carbons (Fsp3) is 0.389. The van der Waals surface area contributed by atoms with Gasteiger partial charge >= 0.3 is 0 Å². The van der Waals surface area contributed by atoms with Crippen LogP contribution in [-0.4, -0.2) is 59.6 Å². The van der Waals surface area contributed by atoms with Crippen LogP contribution in [0.25, 0.3) is 0 Å². The summed E-state index contributed by atoms with van der Waals surface area (Å²) in [7, 11) is 0. The molecule has 0 atom stereocenters. The van der Waals surface area contributed by atoms with Crippen LogP contribution in [0.1, 0.15) is 5.76 Å². The van der Waals surface area contributed by atoms with Crippen LogP contribution in [0.2, 0.25) is 5.02 Å². The second kappa shape index (κ2) is 9.14. The Balaban J connectivity index is 1.37. The van der Waals surface area contributed by atoms with E-state index in [2.05, 4.69) is 15.4 Å². The predicted octanol–water partition coefficient (Wildman–Crippen LogP) is 2.66. The van der Waals surface area contributed by atoms with E-state index in [1.54, 1.807) is 13.0 Å². The maximum atomic E-state index is 12.3. The van der Waals surface area contributed by atoms with Crippen molar-refractivity contribution in [1.29, 1.82) is 0 Å². The third-order valence-electron chi connectivity index (χ3n) is 4.16. The number of piperazine rings is 1. The molecule has 0 saturated carbocycles. The number of nitrogens with one attached hydrogen (secondary N) is 1. The van der Waals surface area contributed by atoms with E-state index < -0.39 is 0 Å². The van der Waals surface area contributed by atoms with Gasteiger partial charge in [-0.2, -0.15) is 0 Å². The second-order valence-corrected chi connectivity index (χ2v) is 7.63. The summed E-state index contributed by atoms with van der Waals surface area (Å²) in [5, 5.41) is 7.05. The Morgan fingerprint density at radius 1 is 1.22 bits per heavy atom. The highest BCUT2D eigenvalue weighted by Gasteiger charge is 2.21. The van der Waals surface area contributed by atoms with E-state index in [0.717, 1.165) is 18.8 Å². The Morgan fingerprint density at radius 3 is 2.67 bits per heavy atom. The fourth-order valence-electron chi connectivity index (χ4n) is 2.81. The zero-order valence-electron chi connectivity index (χ0n) is 15.0. The number of aryl methyl sites for hydroxylation is 1. The number of thioether (sulfide) groups is 1. The molecule has 0 radical (unpaired) electrons. The Kier molecular flexibility index (Phi) is 6.63. The van der Waals surface area contributed by atoms with Crippen LogP contribution in [0, 0.1) is 6.92 Å². The lowest BCUT2D eigenvalue weighted by Crippen LogP contribution is -2.49. The van der Waals surface area contributed by atoms with Gasteiger partial charge in [-0.25, -0.2) is 0 Å². The molecular weight excluding hydrogens is 388 g/mol. The Bertz CT molecular complexity index is 805.